The summed E-state index contributed by atoms with van der Waals surface area (Å²) in [5.41, 5.74) is 4.27. The van der Waals surface area contributed by atoms with Crippen molar-refractivity contribution in [2.45, 2.75) is 52.6 Å². The number of ether oxygens (including phenoxy) is 1. The molecule has 0 unspecified atom stereocenters. The molecule has 0 aliphatic carbocycles. The molecule has 3 rings (SSSR count). The number of carbonyl (C=O) groups excluding carboxylic acids is 1. The zero-order valence-electron chi connectivity index (χ0n) is 14.1. The number of fused-ring (bicyclic) bond motifs is 3. The third-order valence-electron chi connectivity index (χ3n) is 4.75. The number of rotatable bonds is 1. The number of furan rings is 1. The van der Waals surface area contributed by atoms with Crippen LogP contribution in [0.3, 0.4) is 0 Å². The molecule has 1 aromatic rings. The topological polar surface area (TPSA) is 39.4 Å². The lowest BCUT2D eigenvalue weighted by atomic mass is 9.89. The average molecular weight is 312 g/mol. The quantitative estimate of drug-likeness (QED) is 0.554. The Labute approximate surface area is 137 Å². The van der Waals surface area contributed by atoms with Crippen LogP contribution in [0.5, 0.6) is 0 Å². The Morgan fingerprint density at radius 1 is 1.30 bits per heavy atom. The van der Waals surface area contributed by atoms with Crippen LogP contribution in [-0.4, -0.2) is 12.1 Å². The molecule has 2 atom stereocenters. The van der Waals surface area contributed by atoms with E-state index >= 15 is 0 Å². The molecule has 0 fully saturated rings. The Hall–Kier alpha value is -2.03. The minimum atomic E-state index is -0.158. The van der Waals surface area contributed by atoms with E-state index in [4.69, 9.17) is 9.15 Å². The van der Waals surface area contributed by atoms with Crippen molar-refractivity contribution < 1.29 is 13.9 Å². The molecule has 0 radical (unpaired) electrons. The first-order valence-corrected chi connectivity index (χ1v) is 8.26. The van der Waals surface area contributed by atoms with Crippen LogP contribution in [-0.2, 0) is 16.0 Å². The zero-order chi connectivity index (χ0) is 16.6. The molecule has 23 heavy (non-hydrogen) atoms. The highest BCUT2D eigenvalue weighted by molar-refractivity contribution is 5.90. The summed E-state index contributed by atoms with van der Waals surface area (Å²) in [5, 5.41) is 0. The van der Waals surface area contributed by atoms with Crippen LogP contribution < -0.4 is 0 Å². The second kappa shape index (κ2) is 6.23. The highest BCUT2D eigenvalue weighted by Gasteiger charge is 2.27. The number of aryl methyl sites for hydroxylation is 1. The summed E-state index contributed by atoms with van der Waals surface area (Å²) >= 11 is 0. The van der Waals surface area contributed by atoms with Crippen LogP contribution in [0, 0.1) is 12.8 Å². The number of hydrogen-bond donors (Lipinski definition) is 0. The van der Waals surface area contributed by atoms with Gasteiger partial charge in [-0.25, -0.2) is 4.79 Å². The van der Waals surface area contributed by atoms with Crippen LogP contribution in [0.4, 0.5) is 0 Å². The first-order chi connectivity index (χ1) is 10.9. The maximum absolute atomic E-state index is 12.0. The van der Waals surface area contributed by atoms with Gasteiger partial charge in [0.15, 0.2) is 0 Å². The molecule has 122 valence electrons. The van der Waals surface area contributed by atoms with Crippen LogP contribution in [0.25, 0.3) is 6.08 Å². The summed E-state index contributed by atoms with van der Waals surface area (Å²) in [6.45, 7) is 10.3. The Morgan fingerprint density at radius 3 is 2.83 bits per heavy atom. The lowest BCUT2D eigenvalue weighted by molar-refractivity contribution is -0.139. The van der Waals surface area contributed by atoms with Crippen LogP contribution in [0.15, 0.2) is 39.9 Å². The van der Waals surface area contributed by atoms with Crippen molar-refractivity contribution in [3.8, 4) is 0 Å². The van der Waals surface area contributed by atoms with E-state index in [1.807, 2.05) is 19.1 Å². The number of hydrogen-bond acceptors (Lipinski definition) is 3. The van der Waals surface area contributed by atoms with Crippen LogP contribution >= 0.6 is 0 Å². The van der Waals surface area contributed by atoms with Gasteiger partial charge in [-0.05, 0) is 63.3 Å². The summed E-state index contributed by atoms with van der Waals surface area (Å²) < 4.78 is 11.5. The molecule has 0 amide bonds. The number of esters is 1. The fourth-order valence-electron chi connectivity index (χ4n) is 3.34. The van der Waals surface area contributed by atoms with Crippen molar-refractivity contribution in [2.24, 2.45) is 5.92 Å². The molecule has 3 heterocycles. The molecule has 3 nitrogen and oxygen atoms in total. The highest BCUT2D eigenvalue weighted by Crippen LogP contribution is 2.31. The summed E-state index contributed by atoms with van der Waals surface area (Å²) in [5.74, 6) is 2.06. The van der Waals surface area contributed by atoms with Gasteiger partial charge in [-0.15, -0.1) is 0 Å². The van der Waals surface area contributed by atoms with E-state index in [-0.39, 0.29) is 12.1 Å². The minimum absolute atomic E-state index is 0.145. The Bertz CT molecular complexity index is 702. The largest absolute Gasteiger partial charge is 0.461 e. The maximum atomic E-state index is 12.0. The molecular formula is C20H24O3. The van der Waals surface area contributed by atoms with Gasteiger partial charge >= 0.3 is 5.97 Å². The van der Waals surface area contributed by atoms with Gasteiger partial charge in [-0.1, -0.05) is 17.7 Å². The normalized spacial score (nSPS) is 27.0. The van der Waals surface area contributed by atoms with E-state index in [9.17, 15) is 4.79 Å². The van der Waals surface area contributed by atoms with Crippen LogP contribution in [0.1, 0.15) is 50.2 Å². The molecular weight excluding hydrogens is 288 g/mol. The lowest BCUT2D eigenvalue weighted by Crippen LogP contribution is -2.10. The predicted molar refractivity (Wildman–Crippen MR) is 90.9 cm³/mol. The molecule has 2 aliphatic heterocycles. The molecule has 2 aliphatic rings. The van der Waals surface area contributed by atoms with Crippen molar-refractivity contribution in [3.63, 3.8) is 0 Å². The third-order valence-corrected chi connectivity index (χ3v) is 4.75. The van der Waals surface area contributed by atoms with Gasteiger partial charge in [0.2, 0.25) is 0 Å². The molecule has 0 spiro atoms. The van der Waals surface area contributed by atoms with Crippen molar-refractivity contribution >= 4 is 12.0 Å². The molecule has 1 aromatic heterocycles. The van der Waals surface area contributed by atoms with Crippen molar-refractivity contribution in [2.75, 3.05) is 0 Å². The third kappa shape index (κ3) is 3.49. The van der Waals surface area contributed by atoms with E-state index in [2.05, 4.69) is 26.5 Å². The van der Waals surface area contributed by atoms with Crippen molar-refractivity contribution in [3.05, 3.63) is 52.5 Å². The molecule has 0 saturated carbocycles. The summed E-state index contributed by atoms with van der Waals surface area (Å²) in [4.78, 5) is 12.0. The fourth-order valence-corrected chi connectivity index (χ4v) is 3.34. The van der Waals surface area contributed by atoms with Gasteiger partial charge in [0.1, 0.15) is 17.6 Å². The van der Waals surface area contributed by atoms with Gasteiger partial charge in [0, 0.05) is 18.4 Å². The maximum Gasteiger partial charge on any atom is 0.334 e. The first kappa shape index (κ1) is 15.9. The van der Waals surface area contributed by atoms with Crippen molar-refractivity contribution in [1.29, 1.82) is 0 Å². The molecule has 3 heteroatoms. The number of allylic oxidation sites excluding steroid dienone is 1. The smallest absolute Gasteiger partial charge is 0.334 e. The van der Waals surface area contributed by atoms with E-state index in [1.54, 1.807) is 0 Å². The Balaban J connectivity index is 1.96. The van der Waals surface area contributed by atoms with Gasteiger partial charge in [-0.2, -0.15) is 0 Å². The average Bonchev–Trinajstić information content (AvgIpc) is 2.97. The van der Waals surface area contributed by atoms with Gasteiger partial charge < -0.3 is 9.15 Å². The SMILES string of the molecule is C=C(C)[C@H]1CCC2=C[C@H](C/C(C)=C\c3cc(C)c(o3)C1)OC2=O. The van der Waals surface area contributed by atoms with Gasteiger partial charge in [0.25, 0.3) is 0 Å². The van der Waals surface area contributed by atoms with Gasteiger partial charge in [0.05, 0.1) is 0 Å². The molecule has 0 N–H and O–H groups in total. The fraction of sp³-hybridized carbons (Fsp3) is 0.450. The molecule has 4 bridgehead atoms. The van der Waals surface area contributed by atoms with E-state index in [1.165, 1.54) is 5.56 Å². The second-order valence-electron chi connectivity index (χ2n) is 6.87. The second-order valence-corrected chi connectivity index (χ2v) is 6.87. The van der Waals surface area contributed by atoms with Crippen LogP contribution in [0.2, 0.25) is 0 Å². The monoisotopic (exact) mass is 312 g/mol. The zero-order valence-corrected chi connectivity index (χ0v) is 14.1. The van der Waals surface area contributed by atoms with E-state index in [0.717, 1.165) is 47.5 Å². The first-order valence-electron chi connectivity index (χ1n) is 8.26. The Morgan fingerprint density at radius 2 is 2.09 bits per heavy atom. The van der Waals surface area contributed by atoms with E-state index < -0.39 is 0 Å². The highest BCUT2D eigenvalue weighted by atomic mass is 16.5. The van der Waals surface area contributed by atoms with E-state index in [0.29, 0.717) is 12.3 Å². The van der Waals surface area contributed by atoms with Crippen molar-refractivity contribution in [1.82, 2.24) is 0 Å². The standard InChI is InChI=1S/C20H24O3/c1-12(2)15-5-6-16-10-18(23-20(16)21)8-13(3)7-17-9-14(4)19(11-15)22-17/h7,9-10,15,18H,1,5-6,8,11H2,2-4H3/b13-7-/t15-,18-/m0/s1. The summed E-state index contributed by atoms with van der Waals surface area (Å²) in [7, 11) is 0. The molecule has 0 saturated heterocycles. The lowest BCUT2D eigenvalue weighted by Gasteiger charge is -2.16. The summed E-state index contributed by atoms with van der Waals surface area (Å²) in [6, 6.07) is 2.09. The predicted octanol–water partition coefficient (Wildman–Crippen LogP) is 4.76. The minimum Gasteiger partial charge on any atom is -0.461 e. The number of carbonyl (C=O) groups is 1. The molecule has 0 aromatic carbocycles. The van der Waals surface area contributed by atoms with Gasteiger partial charge in [-0.3, -0.25) is 0 Å². The summed E-state index contributed by atoms with van der Waals surface area (Å²) in [6.07, 6.45) is 7.07. The Kier molecular flexibility index (Phi) is 4.29.